The number of aromatic amines is 1. The molecule has 0 aliphatic carbocycles. The average molecular weight is 381 g/mol. The van der Waals surface area contributed by atoms with Crippen molar-refractivity contribution < 1.29 is 8.42 Å². The summed E-state index contributed by atoms with van der Waals surface area (Å²) >= 11 is 0. The molecule has 0 amide bonds. The van der Waals surface area contributed by atoms with Gasteiger partial charge in [-0.05, 0) is 36.8 Å². The minimum Gasteiger partial charge on any atom is -0.360 e. The highest BCUT2D eigenvalue weighted by atomic mass is 32.2. The number of hydrogen-bond donors (Lipinski definition) is 2. The molecule has 7 nitrogen and oxygen atoms in total. The van der Waals surface area contributed by atoms with Crippen molar-refractivity contribution >= 4 is 37.6 Å². The quantitative estimate of drug-likeness (QED) is 0.549. The first-order valence-corrected chi connectivity index (χ1v) is 10.5. The number of H-pyrrole nitrogens is 1. The summed E-state index contributed by atoms with van der Waals surface area (Å²) in [4.78, 5) is 16.8. The average Bonchev–Trinajstić information content (AvgIpc) is 3.09. The number of benzene rings is 2. The second-order valence-electron chi connectivity index (χ2n) is 6.42. The topological polar surface area (TPSA) is 101 Å². The Balaban J connectivity index is 1.76. The number of fused-ring (bicyclic) bond motifs is 2. The molecule has 1 atom stereocenters. The van der Waals surface area contributed by atoms with Gasteiger partial charge in [-0.2, -0.15) is 0 Å². The largest absolute Gasteiger partial charge is 0.360 e. The first kappa shape index (κ1) is 17.4. The maximum absolute atomic E-state index is 11.9. The zero-order valence-corrected chi connectivity index (χ0v) is 15.8. The van der Waals surface area contributed by atoms with E-state index < -0.39 is 9.84 Å². The standard InChI is InChI=1S/C19H19N5O2S/c1-3-14(19-23-16-6-4-5-7-17(16)24-19)22-18-13-10-12(27(2,25)26)8-9-15(13)20-11-21-18/h4-11,14H,3H2,1-2H3,(H,23,24)(H,20,21,22). The summed E-state index contributed by atoms with van der Waals surface area (Å²) in [6, 6.07) is 12.6. The molecule has 1 unspecified atom stereocenters. The van der Waals surface area contributed by atoms with Crippen molar-refractivity contribution in [3.8, 4) is 0 Å². The van der Waals surface area contributed by atoms with Gasteiger partial charge >= 0.3 is 0 Å². The van der Waals surface area contributed by atoms with E-state index in [1.54, 1.807) is 18.2 Å². The van der Waals surface area contributed by atoms with E-state index in [1.165, 1.54) is 12.6 Å². The van der Waals surface area contributed by atoms with Gasteiger partial charge in [0.25, 0.3) is 0 Å². The fraction of sp³-hybridized carbons (Fsp3) is 0.211. The normalized spacial score (nSPS) is 13.1. The van der Waals surface area contributed by atoms with E-state index in [0.29, 0.717) is 16.7 Å². The summed E-state index contributed by atoms with van der Waals surface area (Å²) in [5, 5.41) is 4.05. The van der Waals surface area contributed by atoms with E-state index in [2.05, 4.69) is 32.2 Å². The molecule has 0 fully saturated rings. The first-order valence-electron chi connectivity index (χ1n) is 8.61. The Hall–Kier alpha value is -3.00. The summed E-state index contributed by atoms with van der Waals surface area (Å²) in [7, 11) is -3.32. The predicted molar refractivity (Wildman–Crippen MR) is 105 cm³/mol. The molecule has 138 valence electrons. The maximum Gasteiger partial charge on any atom is 0.175 e. The third-order valence-electron chi connectivity index (χ3n) is 4.49. The zero-order valence-electron chi connectivity index (χ0n) is 15.0. The molecule has 0 radical (unpaired) electrons. The van der Waals surface area contributed by atoms with Gasteiger partial charge in [-0.3, -0.25) is 0 Å². The Kier molecular flexibility index (Phi) is 4.27. The number of hydrogen-bond acceptors (Lipinski definition) is 6. The van der Waals surface area contributed by atoms with Crippen molar-refractivity contribution in [2.75, 3.05) is 11.6 Å². The molecule has 2 N–H and O–H groups in total. The van der Waals surface area contributed by atoms with Crippen molar-refractivity contribution in [2.45, 2.75) is 24.3 Å². The summed E-state index contributed by atoms with van der Waals surface area (Å²) in [6.07, 6.45) is 3.43. The van der Waals surface area contributed by atoms with E-state index >= 15 is 0 Å². The molecule has 0 aliphatic heterocycles. The number of nitrogens with zero attached hydrogens (tertiary/aromatic N) is 3. The lowest BCUT2D eigenvalue weighted by Crippen LogP contribution is -2.13. The molecule has 0 bridgehead atoms. The zero-order chi connectivity index (χ0) is 19.0. The predicted octanol–water partition coefficient (Wildman–Crippen LogP) is 3.47. The lowest BCUT2D eigenvalue weighted by molar-refractivity contribution is 0.602. The number of aromatic nitrogens is 4. The van der Waals surface area contributed by atoms with Crippen molar-refractivity contribution in [1.29, 1.82) is 0 Å². The van der Waals surface area contributed by atoms with Crippen LogP contribution in [0.25, 0.3) is 21.9 Å². The SMILES string of the molecule is CCC(Nc1ncnc2ccc(S(C)(=O)=O)cc12)c1nc2ccccc2[nH]1. The van der Waals surface area contributed by atoms with Crippen molar-refractivity contribution in [2.24, 2.45) is 0 Å². The monoisotopic (exact) mass is 381 g/mol. The van der Waals surface area contributed by atoms with Crippen LogP contribution < -0.4 is 5.32 Å². The van der Waals surface area contributed by atoms with Gasteiger partial charge in [0.2, 0.25) is 0 Å². The van der Waals surface area contributed by atoms with Crippen molar-refractivity contribution in [3.63, 3.8) is 0 Å². The van der Waals surface area contributed by atoms with E-state index in [0.717, 1.165) is 23.3 Å². The Morgan fingerprint density at radius 3 is 2.67 bits per heavy atom. The summed E-state index contributed by atoms with van der Waals surface area (Å²) in [5.41, 5.74) is 2.55. The van der Waals surface area contributed by atoms with Crippen LogP contribution in [-0.4, -0.2) is 34.6 Å². The van der Waals surface area contributed by atoms with Crippen molar-refractivity contribution in [1.82, 2.24) is 19.9 Å². The molecule has 2 heterocycles. The third-order valence-corrected chi connectivity index (χ3v) is 5.60. The van der Waals surface area contributed by atoms with Gasteiger partial charge in [-0.25, -0.2) is 23.4 Å². The van der Waals surface area contributed by atoms with Gasteiger partial charge in [0, 0.05) is 11.6 Å². The second-order valence-corrected chi connectivity index (χ2v) is 8.43. The van der Waals surface area contributed by atoms with Gasteiger partial charge in [0.05, 0.1) is 27.5 Å². The van der Waals surface area contributed by atoms with E-state index in [1.807, 2.05) is 24.3 Å². The number of imidazole rings is 1. The molecule has 0 saturated heterocycles. The first-order chi connectivity index (χ1) is 13.0. The highest BCUT2D eigenvalue weighted by molar-refractivity contribution is 7.90. The Morgan fingerprint density at radius 2 is 1.93 bits per heavy atom. The Bertz CT molecular complexity index is 1200. The van der Waals surface area contributed by atoms with Crippen molar-refractivity contribution in [3.05, 3.63) is 54.6 Å². The molecular weight excluding hydrogens is 362 g/mol. The number of rotatable bonds is 5. The number of anilines is 1. The molecule has 0 aliphatic rings. The number of sulfone groups is 1. The number of nitrogens with one attached hydrogen (secondary N) is 2. The van der Waals surface area contributed by atoms with E-state index in [4.69, 9.17) is 0 Å². The minimum atomic E-state index is -3.32. The fourth-order valence-electron chi connectivity index (χ4n) is 3.05. The van der Waals surface area contributed by atoms with Gasteiger partial charge in [-0.1, -0.05) is 19.1 Å². The molecule has 4 aromatic rings. The summed E-state index contributed by atoms with van der Waals surface area (Å²) < 4.78 is 23.8. The molecule has 2 aromatic heterocycles. The highest BCUT2D eigenvalue weighted by Gasteiger charge is 2.17. The lowest BCUT2D eigenvalue weighted by Gasteiger charge is -2.16. The van der Waals surface area contributed by atoms with Crippen LogP contribution in [0.4, 0.5) is 5.82 Å². The molecule has 2 aromatic carbocycles. The second kappa shape index (κ2) is 6.62. The van der Waals surface area contributed by atoms with Crippen LogP contribution in [0.15, 0.2) is 53.7 Å². The van der Waals surface area contributed by atoms with Gasteiger partial charge in [-0.15, -0.1) is 0 Å². The Morgan fingerprint density at radius 1 is 1.11 bits per heavy atom. The van der Waals surface area contributed by atoms with Gasteiger partial charge in [0.15, 0.2) is 9.84 Å². The van der Waals surface area contributed by atoms with Crippen LogP contribution >= 0.6 is 0 Å². The van der Waals surface area contributed by atoms with Crippen LogP contribution in [0.2, 0.25) is 0 Å². The van der Waals surface area contributed by atoms with Gasteiger partial charge < -0.3 is 10.3 Å². The fourth-order valence-corrected chi connectivity index (χ4v) is 3.69. The third kappa shape index (κ3) is 3.35. The minimum absolute atomic E-state index is 0.0996. The molecule has 4 rings (SSSR count). The van der Waals surface area contributed by atoms with Crippen LogP contribution in [0.5, 0.6) is 0 Å². The molecule has 8 heteroatoms. The number of para-hydroxylation sites is 2. The molecule has 0 spiro atoms. The summed E-state index contributed by atoms with van der Waals surface area (Å²) in [6.45, 7) is 2.05. The van der Waals surface area contributed by atoms with Crippen LogP contribution in [-0.2, 0) is 9.84 Å². The molecule has 0 saturated carbocycles. The van der Waals surface area contributed by atoms with Crippen LogP contribution in [0.3, 0.4) is 0 Å². The smallest absolute Gasteiger partial charge is 0.175 e. The maximum atomic E-state index is 11.9. The Labute approximate surface area is 156 Å². The van der Waals surface area contributed by atoms with Gasteiger partial charge in [0.1, 0.15) is 18.0 Å². The molecular formula is C19H19N5O2S. The summed E-state index contributed by atoms with van der Waals surface area (Å²) in [5.74, 6) is 1.39. The van der Waals surface area contributed by atoms with Crippen LogP contribution in [0.1, 0.15) is 25.2 Å². The van der Waals surface area contributed by atoms with Crippen LogP contribution in [0, 0.1) is 0 Å². The lowest BCUT2D eigenvalue weighted by atomic mass is 10.2. The van der Waals surface area contributed by atoms with E-state index in [9.17, 15) is 8.42 Å². The molecule has 27 heavy (non-hydrogen) atoms. The highest BCUT2D eigenvalue weighted by Crippen LogP contribution is 2.27. The van der Waals surface area contributed by atoms with E-state index in [-0.39, 0.29) is 10.9 Å².